The van der Waals surface area contributed by atoms with Gasteiger partial charge in [0.05, 0.1) is 0 Å². The topological polar surface area (TPSA) is 118 Å². The molecule has 0 aromatic rings. The zero-order valence-corrected chi connectivity index (χ0v) is 7.39. The van der Waals surface area contributed by atoms with Crippen molar-refractivity contribution in [3.05, 3.63) is 0 Å². The molecule has 0 saturated carbocycles. The van der Waals surface area contributed by atoms with E-state index in [4.69, 9.17) is 19.2 Å². The van der Waals surface area contributed by atoms with E-state index in [1.165, 1.54) is 0 Å². The fourth-order valence-corrected chi connectivity index (χ4v) is 0. The molecule has 0 amide bonds. The quantitative estimate of drug-likeness (QED) is 0.362. The third-order valence-electron chi connectivity index (χ3n) is 0. The molecular formula is H4O5SiZn. The van der Waals surface area contributed by atoms with E-state index in [1.807, 2.05) is 0 Å². The Labute approximate surface area is 53.8 Å². The van der Waals surface area contributed by atoms with E-state index in [9.17, 15) is 0 Å². The van der Waals surface area contributed by atoms with E-state index in [2.05, 4.69) is 0 Å². The fraction of sp³-hybridized carbons (Fsp3) is 0. The fourth-order valence-electron chi connectivity index (χ4n) is 0. The summed E-state index contributed by atoms with van der Waals surface area (Å²) in [5.41, 5.74) is 0. The monoisotopic (exact) mass is 176 g/mol. The first-order chi connectivity index (χ1) is 2.00. The van der Waals surface area contributed by atoms with E-state index >= 15 is 0 Å². The zero-order valence-electron chi connectivity index (χ0n) is 3.42. The van der Waals surface area contributed by atoms with Crippen molar-refractivity contribution in [2.45, 2.75) is 0 Å². The van der Waals surface area contributed by atoms with Crippen LogP contribution < -0.4 is 9.59 Å². The summed E-state index contributed by atoms with van der Waals surface area (Å²) in [5.74, 6) is 0. The maximum atomic E-state index is 8.80. The summed E-state index contributed by atoms with van der Waals surface area (Å²) in [6.45, 7) is 0. The van der Waals surface area contributed by atoms with Gasteiger partial charge in [-0.15, -0.1) is 0 Å². The van der Waals surface area contributed by atoms with Crippen molar-refractivity contribution in [1.29, 1.82) is 0 Å². The molecule has 7 heteroatoms. The van der Waals surface area contributed by atoms with Gasteiger partial charge in [-0.3, -0.25) is 0 Å². The maximum Gasteiger partial charge on any atom is 2.00 e. The van der Waals surface area contributed by atoms with Crippen LogP contribution in [0.3, 0.4) is 0 Å². The summed E-state index contributed by atoms with van der Waals surface area (Å²) in [4.78, 5) is 31.8. The molecule has 0 fully saturated rings. The van der Waals surface area contributed by atoms with Crippen LogP contribution in [0.5, 0.6) is 0 Å². The molecule has 5 nitrogen and oxygen atoms in total. The second kappa shape index (κ2) is 4.79. The van der Waals surface area contributed by atoms with Crippen LogP contribution in [0.4, 0.5) is 0 Å². The van der Waals surface area contributed by atoms with Gasteiger partial charge in [-0.25, -0.2) is 0 Å². The molecule has 0 aromatic heterocycles. The van der Waals surface area contributed by atoms with E-state index < -0.39 is 9.05 Å². The predicted octanol–water partition coefficient (Wildman–Crippen LogP) is -4.70. The molecule has 0 rings (SSSR count). The predicted molar refractivity (Wildman–Crippen MR) is 13.8 cm³/mol. The van der Waals surface area contributed by atoms with Crippen LogP contribution in [0, 0.1) is 0 Å². The Morgan fingerprint density at radius 1 is 1.14 bits per heavy atom. The van der Waals surface area contributed by atoms with E-state index in [0.717, 1.165) is 0 Å². The Morgan fingerprint density at radius 2 is 1.14 bits per heavy atom. The Balaban J connectivity index is -0.0000000800. The van der Waals surface area contributed by atoms with Gasteiger partial charge < -0.3 is 24.7 Å². The molecule has 0 spiro atoms. The summed E-state index contributed by atoms with van der Waals surface area (Å²) in [7, 11) is -5.11. The minimum absolute atomic E-state index is 0. The van der Waals surface area contributed by atoms with Crippen molar-refractivity contribution in [3.8, 4) is 0 Å². The summed E-state index contributed by atoms with van der Waals surface area (Å²) in [6, 6.07) is 0. The summed E-state index contributed by atoms with van der Waals surface area (Å²) >= 11 is 0. The van der Waals surface area contributed by atoms with Crippen LogP contribution in [-0.4, -0.2) is 24.1 Å². The molecule has 0 aliphatic rings. The molecule has 0 radical (unpaired) electrons. The largest absolute Gasteiger partial charge is 2.00 e. The van der Waals surface area contributed by atoms with Gasteiger partial charge >= 0.3 is 19.5 Å². The van der Waals surface area contributed by atoms with Crippen molar-refractivity contribution in [3.63, 3.8) is 0 Å². The smallest absolute Gasteiger partial charge is 0.828 e. The molecule has 0 unspecified atom stereocenters. The molecule has 0 aliphatic carbocycles. The molecule has 0 heterocycles. The number of hydrogen-bond donors (Lipinski definition) is 2. The third-order valence-corrected chi connectivity index (χ3v) is 0. The average molecular weight is 178 g/mol. The minimum atomic E-state index is -5.11. The van der Waals surface area contributed by atoms with Crippen LogP contribution in [0.25, 0.3) is 0 Å². The molecule has 4 N–H and O–H groups in total. The molecule has 0 saturated heterocycles. The summed E-state index contributed by atoms with van der Waals surface area (Å²) in [5, 5.41) is 0. The first kappa shape index (κ1) is 15.6. The van der Waals surface area contributed by atoms with Gasteiger partial charge in [0, 0.05) is 0 Å². The maximum absolute atomic E-state index is 8.80. The molecule has 40 valence electrons. The first-order valence-electron chi connectivity index (χ1n) is 0.855. The van der Waals surface area contributed by atoms with Crippen molar-refractivity contribution in [1.82, 2.24) is 0 Å². The van der Waals surface area contributed by atoms with Crippen molar-refractivity contribution in [2.24, 2.45) is 0 Å². The Kier molecular flexibility index (Phi) is 10.7. The first-order valence-corrected chi connectivity index (χ1v) is 2.57. The normalized spacial score (nSPS) is 8.57. The standard InChI is InChI=1S/H2O4Si.H2O.Zn/c1-5(2,3)4;;/h1-2H;1H2;/q-2;;+2. The Bertz CT molecular complexity index is 23.6. The second-order valence-electron chi connectivity index (χ2n) is 0.548. The average Bonchev–Trinajstić information content (AvgIpc) is 0.722. The van der Waals surface area contributed by atoms with Gasteiger partial charge in [-0.2, -0.15) is 0 Å². The Hall–Kier alpha value is 0.640. The number of hydrogen-bond acceptors (Lipinski definition) is 4. The second-order valence-corrected chi connectivity index (χ2v) is 1.65. The van der Waals surface area contributed by atoms with Crippen LogP contribution in [-0.2, 0) is 19.5 Å². The molecule has 0 bridgehead atoms. The van der Waals surface area contributed by atoms with Gasteiger partial charge in [0.1, 0.15) is 9.05 Å². The summed E-state index contributed by atoms with van der Waals surface area (Å²) in [6.07, 6.45) is 0. The van der Waals surface area contributed by atoms with Crippen LogP contribution in [0.1, 0.15) is 0 Å². The SMILES string of the molecule is O.[O-][Si]([O-])(O)O.[Zn+2]. The number of rotatable bonds is 0. The minimum Gasteiger partial charge on any atom is -0.828 e. The van der Waals surface area contributed by atoms with Gasteiger partial charge in [-0.1, -0.05) is 0 Å². The van der Waals surface area contributed by atoms with Crippen LogP contribution >= 0.6 is 0 Å². The van der Waals surface area contributed by atoms with Gasteiger partial charge in [0.15, 0.2) is 0 Å². The van der Waals surface area contributed by atoms with Crippen molar-refractivity contribution in [2.75, 3.05) is 0 Å². The molecule has 7 heavy (non-hydrogen) atoms. The van der Waals surface area contributed by atoms with E-state index in [1.54, 1.807) is 0 Å². The molecule has 0 aromatic carbocycles. The molecule has 0 atom stereocenters. The van der Waals surface area contributed by atoms with Crippen molar-refractivity contribution < 1.29 is 44.1 Å². The van der Waals surface area contributed by atoms with Gasteiger partial charge in [0.2, 0.25) is 0 Å². The summed E-state index contributed by atoms with van der Waals surface area (Å²) < 4.78 is 0. The van der Waals surface area contributed by atoms with Crippen molar-refractivity contribution >= 4 is 9.05 Å². The van der Waals surface area contributed by atoms with E-state index in [-0.39, 0.29) is 25.0 Å². The molecule has 0 aliphatic heterocycles. The third kappa shape index (κ3) is 349. The van der Waals surface area contributed by atoms with Crippen LogP contribution in [0.15, 0.2) is 0 Å². The molecular weight excluding hydrogens is 173 g/mol. The van der Waals surface area contributed by atoms with Gasteiger partial charge in [0.25, 0.3) is 0 Å². The Morgan fingerprint density at radius 3 is 1.14 bits per heavy atom. The van der Waals surface area contributed by atoms with E-state index in [0.29, 0.717) is 0 Å². The van der Waals surface area contributed by atoms with Crippen LogP contribution in [0.2, 0.25) is 0 Å². The van der Waals surface area contributed by atoms with Gasteiger partial charge in [-0.05, 0) is 0 Å². The zero-order chi connectivity index (χ0) is 4.50.